The van der Waals surface area contributed by atoms with Crippen LogP contribution in [0.3, 0.4) is 0 Å². The van der Waals surface area contributed by atoms with Crippen molar-refractivity contribution in [3.05, 3.63) is 46.5 Å². The van der Waals surface area contributed by atoms with Gasteiger partial charge in [-0.15, -0.1) is 0 Å². The number of urea groups is 1. The van der Waals surface area contributed by atoms with Crippen molar-refractivity contribution in [3.63, 3.8) is 0 Å². The van der Waals surface area contributed by atoms with Crippen LogP contribution in [0.2, 0.25) is 0 Å². The monoisotopic (exact) mass is 454 g/mol. The van der Waals surface area contributed by atoms with E-state index in [1.807, 2.05) is 13.8 Å². The summed E-state index contributed by atoms with van der Waals surface area (Å²) in [6, 6.07) is 5.00. The second-order valence-corrected chi connectivity index (χ2v) is 8.79. The molecule has 0 radical (unpaired) electrons. The number of carbonyl (C=O) groups is 2. The van der Waals surface area contributed by atoms with Crippen LogP contribution in [0.1, 0.15) is 47.6 Å². The molecule has 1 aromatic carbocycles. The highest BCUT2D eigenvalue weighted by atomic mass is 19.1. The second-order valence-electron chi connectivity index (χ2n) is 8.79. The van der Waals surface area contributed by atoms with Crippen molar-refractivity contribution in [2.75, 3.05) is 18.9 Å². The molecule has 174 valence electrons. The molecule has 3 amide bonds. The van der Waals surface area contributed by atoms with Gasteiger partial charge in [-0.1, -0.05) is 6.92 Å². The van der Waals surface area contributed by atoms with E-state index in [9.17, 15) is 19.1 Å². The maximum Gasteiger partial charge on any atom is 0.322 e. The summed E-state index contributed by atoms with van der Waals surface area (Å²) >= 11 is 0. The van der Waals surface area contributed by atoms with E-state index in [0.29, 0.717) is 42.9 Å². The Balaban J connectivity index is 1.61. The zero-order valence-electron chi connectivity index (χ0n) is 18.9. The normalized spacial score (nSPS) is 21.0. The quantitative estimate of drug-likeness (QED) is 0.739. The molecule has 2 aliphatic heterocycles. The van der Waals surface area contributed by atoms with E-state index in [-0.39, 0.29) is 30.0 Å². The fraction of sp³-hybridized carbons (Fsp3) is 0.478. The lowest BCUT2D eigenvalue weighted by Crippen LogP contribution is -2.45. The SMILES string of the molecule is CC[C@@H](O)[C@H]1CN(C)C(=O)c2c3c(nn2C1)C[C@@H](C)N(C(=O)Nc1ccc(F)c(C#N)c1)C3. The first kappa shape index (κ1) is 22.7. The van der Waals surface area contributed by atoms with Gasteiger partial charge in [-0.25, -0.2) is 9.18 Å². The molecule has 0 unspecified atom stereocenters. The molecule has 0 saturated carbocycles. The second kappa shape index (κ2) is 8.83. The molecule has 0 spiro atoms. The summed E-state index contributed by atoms with van der Waals surface area (Å²) in [4.78, 5) is 29.4. The Labute approximate surface area is 191 Å². The minimum Gasteiger partial charge on any atom is -0.393 e. The summed E-state index contributed by atoms with van der Waals surface area (Å²) in [6.45, 7) is 4.87. The Morgan fingerprint density at radius 3 is 2.88 bits per heavy atom. The number of nitriles is 1. The summed E-state index contributed by atoms with van der Waals surface area (Å²) in [7, 11) is 1.71. The Bertz CT molecular complexity index is 1140. The van der Waals surface area contributed by atoms with Crippen molar-refractivity contribution < 1.29 is 19.1 Å². The van der Waals surface area contributed by atoms with Crippen LogP contribution in [0.5, 0.6) is 0 Å². The molecule has 9 nitrogen and oxygen atoms in total. The van der Waals surface area contributed by atoms with Crippen molar-refractivity contribution >= 4 is 17.6 Å². The third-order valence-electron chi connectivity index (χ3n) is 6.51. The standard InChI is InChI=1S/C23H27FN6O3/c1-4-20(31)15-10-28(3)22(32)21-17-12-29(13(2)7-19(17)27-30(21)11-15)23(33)26-16-5-6-18(24)14(8-16)9-25/h5-6,8,13,15,20,31H,4,7,10-12H2,1-3H3,(H,26,33)/t13-,15+,20-/m1/s1. The number of benzene rings is 1. The summed E-state index contributed by atoms with van der Waals surface area (Å²) in [5, 5.41) is 26.8. The minimum atomic E-state index is -0.650. The van der Waals surface area contributed by atoms with Gasteiger partial charge in [0.05, 0.1) is 23.9 Å². The number of anilines is 1. The highest BCUT2D eigenvalue weighted by molar-refractivity contribution is 5.95. The van der Waals surface area contributed by atoms with E-state index in [0.717, 1.165) is 11.8 Å². The number of nitrogens with zero attached hydrogens (tertiary/aromatic N) is 5. The predicted octanol–water partition coefficient (Wildman–Crippen LogP) is 2.35. The number of amides is 3. The molecule has 2 N–H and O–H groups in total. The third kappa shape index (κ3) is 4.16. The first-order valence-corrected chi connectivity index (χ1v) is 11.0. The smallest absolute Gasteiger partial charge is 0.322 e. The number of aliphatic hydroxyl groups is 1. The molecule has 0 bridgehead atoms. The first-order valence-electron chi connectivity index (χ1n) is 11.0. The van der Waals surface area contributed by atoms with Crippen LogP contribution in [0.4, 0.5) is 14.9 Å². The zero-order chi connectivity index (χ0) is 23.9. The Kier molecular flexibility index (Phi) is 6.08. The molecule has 33 heavy (non-hydrogen) atoms. The van der Waals surface area contributed by atoms with Crippen molar-refractivity contribution in [1.29, 1.82) is 5.26 Å². The van der Waals surface area contributed by atoms with Crippen LogP contribution in [0, 0.1) is 23.1 Å². The van der Waals surface area contributed by atoms with E-state index in [2.05, 4.69) is 10.4 Å². The van der Waals surface area contributed by atoms with Gasteiger partial charge in [-0.05, 0) is 31.5 Å². The van der Waals surface area contributed by atoms with Crippen LogP contribution in [-0.2, 0) is 19.5 Å². The Morgan fingerprint density at radius 2 is 2.18 bits per heavy atom. The van der Waals surface area contributed by atoms with Crippen molar-refractivity contribution in [2.24, 2.45) is 5.92 Å². The molecule has 0 saturated heterocycles. The summed E-state index contributed by atoms with van der Waals surface area (Å²) in [6.07, 6.45) is 0.529. The average molecular weight is 455 g/mol. The van der Waals surface area contributed by atoms with Crippen molar-refractivity contribution in [1.82, 2.24) is 19.6 Å². The molecule has 2 aliphatic rings. The average Bonchev–Trinajstić information content (AvgIpc) is 3.08. The highest BCUT2D eigenvalue weighted by Gasteiger charge is 2.38. The van der Waals surface area contributed by atoms with E-state index >= 15 is 0 Å². The molecule has 3 heterocycles. The van der Waals surface area contributed by atoms with Gasteiger partial charge in [-0.2, -0.15) is 10.4 Å². The number of aliphatic hydroxyl groups excluding tert-OH is 1. The van der Waals surface area contributed by atoms with Gasteiger partial charge in [0.25, 0.3) is 5.91 Å². The maximum atomic E-state index is 13.6. The van der Waals surface area contributed by atoms with Gasteiger partial charge in [0, 0.05) is 49.8 Å². The fourth-order valence-electron chi connectivity index (χ4n) is 4.59. The lowest BCUT2D eigenvalue weighted by molar-refractivity contribution is 0.0625. The minimum absolute atomic E-state index is 0.129. The number of aromatic nitrogens is 2. The number of fused-ring (bicyclic) bond motifs is 3. The van der Waals surface area contributed by atoms with Crippen LogP contribution in [0.25, 0.3) is 0 Å². The van der Waals surface area contributed by atoms with Gasteiger partial charge in [0.1, 0.15) is 17.6 Å². The van der Waals surface area contributed by atoms with Crippen LogP contribution < -0.4 is 5.32 Å². The lowest BCUT2D eigenvalue weighted by atomic mass is 9.99. The number of hydrogen-bond donors (Lipinski definition) is 2. The maximum absolute atomic E-state index is 13.6. The largest absolute Gasteiger partial charge is 0.393 e. The summed E-state index contributed by atoms with van der Waals surface area (Å²) in [5.41, 5.74) is 2.11. The number of hydrogen-bond acceptors (Lipinski definition) is 5. The summed E-state index contributed by atoms with van der Waals surface area (Å²) in [5.74, 6) is -0.957. The van der Waals surface area contributed by atoms with Gasteiger partial charge >= 0.3 is 6.03 Å². The molecule has 0 fully saturated rings. The van der Waals surface area contributed by atoms with E-state index in [1.165, 1.54) is 12.1 Å². The fourth-order valence-corrected chi connectivity index (χ4v) is 4.59. The van der Waals surface area contributed by atoms with Gasteiger partial charge in [-0.3, -0.25) is 9.48 Å². The van der Waals surface area contributed by atoms with E-state index < -0.39 is 18.0 Å². The predicted molar refractivity (Wildman–Crippen MR) is 118 cm³/mol. The number of nitrogens with one attached hydrogen (secondary N) is 1. The molecule has 3 atom stereocenters. The van der Waals surface area contributed by atoms with Crippen molar-refractivity contribution in [2.45, 2.75) is 51.9 Å². The summed E-state index contributed by atoms with van der Waals surface area (Å²) < 4.78 is 15.3. The van der Waals surface area contributed by atoms with Crippen LogP contribution in [-0.4, -0.2) is 62.4 Å². The molecule has 10 heteroatoms. The van der Waals surface area contributed by atoms with Gasteiger partial charge in [0.15, 0.2) is 0 Å². The molecular weight excluding hydrogens is 427 g/mol. The Morgan fingerprint density at radius 1 is 1.42 bits per heavy atom. The topological polar surface area (TPSA) is 114 Å². The number of halogens is 1. The van der Waals surface area contributed by atoms with Crippen molar-refractivity contribution in [3.8, 4) is 6.07 Å². The van der Waals surface area contributed by atoms with E-state index in [1.54, 1.807) is 27.6 Å². The third-order valence-corrected chi connectivity index (χ3v) is 6.51. The van der Waals surface area contributed by atoms with Crippen LogP contribution >= 0.6 is 0 Å². The van der Waals surface area contributed by atoms with Crippen LogP contribution in [0.15, 0.2) is 18.2 Å². The van der Waals surface area contributed by atoms with Gasteiger partial charge < -0.3 is 20.2 Å². The first-order chi connectivity index (χ1) is 15.7. The molecule has 2 aromatic rings. The van der Waals surface area contributed by atoms with Gasteiger partial charge in [0.2, 0.25) is 0 Å². The zero-order valence-corrected chi connectivity index (χ0v) is 18.9. The highest BCUT2D eigenvalue weighted by Crippen LogP contribution is 2.30. The van der Waals surface area contributed by atoms with E-state index in [4.69, 9.17) is 5.26 Å². The lowest BCUT2D eigenvalue weighted by Gasteiger charge is -2.33. The molecule has 0 aliphatic carbocycles. The number of rotatable bonds is 3. The molecular formula is C23H27FN6O3. The Hall–Kier alpha value is -3.45. The number of carbonyl (C=O) groups excluding carboxylic acids is 2. The molecule has 4 rings (SSSR count). The molecule has 1 aromatic heterocycles.